The van der Waals surface area contributed by atoms with Gasteiger partial charge in [-0.3, -0.25) is 4.79 Å². The second-order valence-corrected chi connectivity index (χ2v) is 9.95. The molecule has 2 aromatic rings. The maximum Gasteiger partial charge on any atom is 0.398 e. The van der Waals surface area contributed by atoms with Gasteiger partial charge in [-0.1, -0.05) is 12.1 Å². The fourth-order valence-electron chi connectivity index (χ4n) is 4.81. The highest BCUT2D eigenvalue weighted by molar-refractivity contribution is 6.22. The van der Waals surface area contributed by atoms with Gasteiger partial charge in [-0.2, -0.15) is 13.2 Å². The first-order chi connectivity index (χ1) is 16.5. The zero-order chi connectivity index (χ0) is 25.0. The number of ether oxygens (including phenoxy) is 1. The Morgan fingerprint density at radius 1 is 1.14 bits per heavy atom. The number of halogens is 3. The molecule has 1 aliphatic carbocycles. The zero-order valence-electron chi connectivity index (χ0n) is 19.6. The van der Waals surface area contributed by atoms with Crippen LogP contribution in [0.2, 0.25) is 0 Å². The van der Waals surface area contributed by atoms with E-state index in [0.717, 1.165) is 16.9 Å². The minimum atomic E-state index is -4.32. The van der Waals surface area contributed by atoms with Crippen molar-refractivity contribution in [2.24, 2.45) is 0 Å². The Morgan fingerprint density at radius 2 is 1.86 bits per heavy atom. The molecule has 1 N–H and O–H groups in total. The first-order valence-electron chi connectivity index (χ1n) is 11.7. The van der Waals surface area contributed by atoms with Crippen molar-refractivity contribution in [3.05, 3.63) is 53.7 Å². The first-order valence-corrected chi connectivity index (χ1v) is 11.7. The second-order valence-electron chi connectivity index (χ2n) is 9.95. The molecule has 3 heterocycles. The van der Waals surface area contributed by atoms with Crippen LogP contribution in [-0.2, 0) is 21.5 Å². The number of nitrogens with zero attached hydrogens (tertiary/aromatic N) is 3. The number of benzene rings is 1. The highest BCUT2D eigenvalue weighted by Crippen LogP contribution is 2.59. The van der Waals surface area contributed by atoms with E-state index in [-0.39, 0.29) is 36.7 Å². The van der Waals surface area contributed by atoms with Crippen molar-refractivity contribution in [2.75, 3.05) is 23.4 Å². The Kier molecular flexibility index (Phi) is 5.54. The highest BCUT2D eigenvalue weighted by Gasteiger charge is 2.64. The molecule has 10 heteroatoms. The fourth-order valence-corrected chi connectivity index (χ4v) is 4.81. The highest BCUT2D eigenvalue weighted by atomic mass is 19.4. The SMILES string of the molecule is CC1(C)C(=O)N(c2ccc(C3(C(F)(F)F)CC3)cc2)C(=O)N1Cc1ccnc(N[C@H]2CCOC2)c1. The van der Waals surface area contributed by atoms with Crippen LogP contribution in [0.3, 0.4) is 0 Å². The fraction of sp³-hybridized carbons (Fsp3) is 0.480. The van der Waals surface area contributed by atoms with Gasteiger partial charge >= 0.3 is 12.2 Å². The monoisotopic (exact) mass is 488 g/mol. The second kappa shape index (κ2) is 8.22. The number of pyridine rings is 1. The van der Waals surface area contributed by atoms with Gasteiger partial charge in [-0.05, 0) is 68.5 Å². The average Bonchev–Trinajstić information content (AvgIpc) is 3.45. The number of urea groups is 1. The van der Waals surface area contributed by atoms with Gasteiger partial charge in [-0.25, -0.2) is 14.7 Å². The van der Waals surface area contributed by atoms with E-state index < -0.39 is 29.1 Å². The molecule has 2 aliphatic heterocycles. The van der Waals surface area contributed by atoms with Crippen LogP contribution in [0.25, 0.3) is 0 Å². The lowest BCUT2D eigenvalue weighted by Gasteiger charge is -2.27. The summed E-state index contributed by atoms with van der Waals surface area (Å²) in [5.74, 6) is 0.239. The summed E-state index contributed by atoms with van der Waals surface area (Å²) >= 11 is 0. The Balaban J connectivity index is 1.35. The minimum absolute atomic E-state index is 0.0504. The molecule has 1 aromatic heterocycles. The van der Waals surface area contributed by atoms with E-state index in [1.54, 1.807) is 26.1 Å². The largest absolute Gasteiger partial charge is 0.398 e. The topological polar surface area (TPSA) is 74.8 Å². The Morgan fingerprint density at radius 3 is 2.46 bits per heavy atom. The first kappa shape index (κ1) is 23.6. The Bertz CT molecular complexity index is 1140. The average molecular weight is 489 g/mol. The van der Waals surface area contributed by atoms with Crippen LogP contribution in [0, 0.1) is 0 Å². The number of aromatic nitrogens is 1. The van der Waals surface area contributed by atoms with Gasteiger partial charge in [0.1, 0.15) is 11.4 Å². The summed E-state index contributed by atoms with van der Waals surface area (Å²) < 4.78 is 45.8. The predicted octanol–water partition coefficient (Wildman–Crippen LogP) is 4.62. The van der Waals surface area contributed by atoms with Crippen LogP contribution in [0.4, 0.5) is 29.5 Å². The third-order valence-electron chi connectivity index (χ3n) is 7.24. The third-order valence-corrected chi connectivity index (χ3v) is 7.24. The lowest BCUT2D eigenvalue weighted by atomic mass is 9.95. The summed E-state index contributed by atoms with van der Waals surface area (Å²) in [5, 5.41) is 3.32. The van der Waals surface area contributed by atoms with Crippen molar-refractivity contribution < 1.29 is 27.5 Å². The van der Waals surface area contributed by atoms with Gasteiger partial charge in [0.25, 0.3) is 5.91 Å². The minimum Gasteiger partial charge on any atom is -0.379 e. The van der Waals surface area contributed by atoms with Crippen molar-refractivity contribution in [1.82, 2.24) is 9.88 Å². The number of anilines is 2. The quantitative estimate of drug-likeness (QED) is 0.601. The van der Waals surface area contributed by atoms with Crippen molar-refractivity contribution in [2.45, 2.75) is 62.8 Å². The van der Waals surface area contributed by atoms with Crippen molar-refractivity contribution in [1.29, 1.82) is 0 Å². The van der Waals surface area contributed by atoms with E-state index in [0.29, 0.717) is 19.0 Å². The van der Waals surface area contributed by atoms with Gasteiger partial charge in [0.2, 0.25) is 0 Å². The van der Waals surface area contributed by atoms with Crippen molar-refractivity contribution >= 4 is 23.4 Å². The number of hydrogen-bond donors (Lipinski definition) is 1. The lowest BCUT2D eigenvalue weighted by Crippen LogP contribution is -2.43. The molecule has 3 aliphatic rings. The number of carbonyl (C=O) groups is 2. The van der Waals surface area contributed by atoms with Gasteiger partial charge in [0.05, 0.1) is 23.8 Å². The molecule has 7 nitrogen and oxygen atoms in total. The van der Waals surface area contributed by atoms with E-state index in [9.17, 15) is 22.8 Å². The standard InChI is InChI=1S/C25H27F3N4O3/c1-23(2)21(33)32(19-5-3-17(4-6-19)24(9-10-24)25(26,27)28)22(34)31(23)14-16-7-11-29-20(13-16)30-18-8-12-35-15-18/h3-7,11,13,18H,8-10,12,14-15H2,1-2H3,(H,29,30)/t18-/m0/s1. The van der Waals surface area contributed by atoms with Crippen LogP contribution < -0.4 is 10.2 Å². The Hall–Kier alpha value is -3.14. The molecule has 186 valence electrons. The van der Waals surface area contributed by atoms with Crippen LogP contribution >= 0.6 is 0 Å². The van der Waals surface area contributed by atoms with Crippen LogP contribution in [0.15, 0.2) is 42.6 Å². The molecule has 0 unspecified atom stereocenters. The van der Waals surface area contributed by atoms with Crippen LogP contribution in [-0.4, -0.2) is 52.8 Å². The number of alkyl halides is 3. The van der Waals surface area contributed by atoms with Crippen LogP contribution in [0.1, 0.15) is 44.2 Å². The molecule has 3 fully saturated rings. The maximum absolute atomic E-state index is 13.5. The molecule has 2 saturated heterocycles. The van der Waals surface area contributed by atoms with E-state index >= 15 is 0 Å². The third kappa shape index (κ3) is 4.03. The van der Waals surface area contributed by atoms with Crippen molar-refractivity contribution in [3.63, 3.8) is 0 Å². The molecule has 0 spiro atoms. The summed E-state index contributed by atoms with van der Waals surface area (Å²) in [7, 11) is 0. The molecular weight excluding hydrogens is 461 g/mol. The number of rotatable bonds is 6. The summed E-state index contributed by atoms with van der Waals surface area (Å²) in [6.45, 7) is 4.82. The normalized spacial score (nSPS) is 23.2. The molecule has 0 bridgehead atoms. The van der Waals surface area contributed by atoms with Crippen molar-refractivity contribution in [3.8, 4) is 0 Å². The molecule has 0 radical (unpaired) electrons. The predicted molar refractivity (Wildman–Crippen MR) is 123 cm³/mol. The van der Waals surface area contributed by atoms with E-state index in [2.05, 4.69) is 10.3 Å². The molecular formula is C25H27F3N4O3. The zero-order valence-corrected chi connectivity index (χ0v) is 19.6. The van der Waals surface area contributed by atoms with E-state index in [1.807, 2.05) is 6.07 Å². The number of carbonyl (C=O) groups excluding carboxylic acids is 2. The Labute approximate surface area is 201 Å². The van der Waals surface area contributed by atoms with E-state index in [1.165, 1.54) is 29.2 Å². The maximum atomic E-state index is 13.5. The molecule has 35 heavy (non-hydrogen) atoms. The smallest absolute Gasteiger partial charge is 0.379 e. The summed E-state index contributed by atoms with van der Waals surface area (Å²) in [5.41, 5.74) is -1.72. The number of imide groups is 1. The van der Waals surface area contributed by atoms with Gasteiger partial charge < -0.3 is 15.0 Å². The molecule has 1 atom stereocenters. The van der Waals surface area contributed by atoms with Gasteiger partial charge in [0, 0.05) is 19.3 Å². The lowest BCUT2D eigenvalue weighted by molar-refractivity contribution is -0.160. The number of amides is 3. The summed E-state index contributed by atoms with van der Waals surface area (Å²) in [6.07, 6.45) is -1.69. The summed E-state index contributed by atoms with van der Waals surface area (Å²) in [4.78, 5) is 33.4. The van der Waals surface area contributed by atoms with Crippen LogP contribution in [0.5, 0.6) is 0 Å². The summed E-state index contributed by atoms with van der Waals surface area (Å²) in [6, 6.07) is 8.89. The van der Waals surface area contributed by atoms with E-state index in [4.69, 9.17) is 4.74 Å². The molecule has 5 rings (SSSR count). The van der Waals surface area contributed by atoms with Gasteiger partial charge in [0.15, 0.2) is 0 Å². The molecule has 1 aromatic carbocycles. The molecule has 3 amide bonds. The number of nitrogens with one attached hydrogen (secondary N) is 1. The van der Waals surface area contributed by atoms with Gasteiger partial charge in [-0.15, -0.1) is 0 Å². The molecule has 1 saturated carbocycles. The number of hydrogen-bond acceptors (Lipinski definition) is 5.